The lowest BCUT2D eigenvalue weighted by molar-refractivity contribution is 0.0996. The molecule has 1 saturated heterocycles. The van der Waals surface area contributed by atoms with Gasteiger partial charge in [0.1, 0.15) is 11.9 Å². The molecular weight excluding hydrogens is 239 g/mol. The second kappa shape index (κ2) is 4.64. The number of nitrogens with two attached hydrogens (primary N) is 1. The van der Waals surface area contributed by atoms with Crippen molar-refractivity contribution >= 4 is 17.7 Å². The molecular formula is C12H13FN2O3. The van der Waals surface area contributed by atoms with Crippen LogP contribution in [0.4, 0.5) is 14.9 Å². The van der Waals surface area contributed by atoms with E-state index in [4.69, 9.17) is 10.5 Å². The van der Waals surface area contributed by atoms with Gasteiger partial charge in [0.25, 0.3) is 5.91 Å². The average Bonchev–Trinajstić information content (AvgIpc) is 2.70. The van der Waals surface area contributed by atoms with E-state index in [1.54, 1.807) is 0 Å². The molecule has 0 aromatic heterocycles. The van der Waals surface area contributed by atoms with Crippen LogP contribution in [0.1, 0.15) is 23.7 Å². The van der Waals surface area contributed by atoms with Gasteiger partial charge in [-0.2, -0.15) is 0 Å². The van der Waals surface area contributed by atoms with Crippen molar-refractivity contribution in [2.75, 3.05) is 11.4 Å². The Morgan fingerprint density at radius 3 is 2.83 bits per heavy atom. The number of benzene rings is 1. The van der Waals surface area contributed by atoms with Crippen molar-refractivity contribution in [3.05, 3.63) is 29.6 Å². The monoisotopic (exact) mass is 252 g/mol. The van der Waals surface area contributed by atoms with Crippen LogP contribution in [-0.2, 0) is 4.74 Å². The maximum Gasteiger partial charge on any atom is 0.414 e. The number of hydrogen-bond acceptors (Lipinski definition) is 3. The molecule has 0 aliphatic carbocycles. The van der Waals surface area contributed by atoms with Gasteiger partial charge in [0, 0.05) is 0 Å². The number of carbonyl (C=O) groups is 2. The first kappa shape index (κ1) is 12.3. The first-order valence-electron chi connectivity index (χ1n) is 5.60. The number of cyclic esters (lactones) is 1. The topological polar surface area (TPSA) is 72.6 Å². The Kier molecular flexibility index (Phi) is 3.18. The molecule has 96 valence electrons. The third-order valence-electron chi connectivity index (χ3n) is 2.86. The first-order valence-corrected chi connectivity index (χ1v) is 5.60. The molecule has 0 spiro atoms. The molecule has 1 heterocycles. The van der Waals surface area contributed by atoms with Crippen LogP contribution in [0.3, 0.4) is 0 Å². The van der Waals surface area contributed by atoms with Crippen LogP contribution in [0.2, 0.25) is 0 Å². The van der Waals surface area contributed by atoms with Crippen molar-refractivity contribution in [2.45, 2.75) is 19.4 Å². The predicted molar refractivity (Wildman–Crippen MR) is 62.8 cm³/mol. The summed E-state index contributed by atoms with van der Waals surface area (Å²) < 4.78 is 18.6. The van der Waals surface area contributed by atoms with E-state index < -0.39 is 17.8 Å². The lowest BCUT2D eigenvalue weighted by Crippen LogP contribution is -2.25. The summed E-state index contributed by atoms with van der Waals surface area (Å²) in [5.74, 6) is -1.58. The van der Waals surface area contributed by atoms with Gasteiger partial charge in [-0.3, -0.25) is 9.69 Å². The maximum absolute atomic E-state index is 13.6. The zero-order chi connectivity index (χ0) is 13.3. The summed E-state index contributed by atoms with van der Waals surface area (Å²) in [6.07, 6.45) is 0.00818. The van der Waals surface area contributed by atoms with Gasteiger partial charge in [-0.1, -0.05) is 6.92 Å². The lowest BCUT2D eigenvalue weighted by Gasteiger charge is -2.13. The van der Waals surface area contributed by atoms with Crippen LogP contribution in [-0.4, -0.2) is 24.6 Å². The van der Waals surface area contributed by atoms with Crippen molar-refractivity contribution in [2.24, 2.45) is 5.73 Å². The summed E-state index contributed by atoms with van der Waals surface area (Å²) in [6.45, 7) is 2.28. The molecule has 0 bridgehead atoms. The lowest BCUT2D eigenvalue weighted by atomic mass is 10.1. The number of amides is 2. The summed E-state index contributed by atoms with van der Waals surface area (Å²) in [7, 11) is 0. The quantitative estimate of drug-likeness (QED) is 0.889. The number of nitrogens with zero attached hydrogens (tertiary/aromatic N) is 1. The molecule has 1 aliphatic heterocycles. The van der Waals surface area contributed by atoms with Gasteiger partial charge >= 0.3 is 6.09 Å². The highest BCUT2D eigenvalue weighted by atomic mass is 19.1. The molecule has 6 heteroatoms. The number of ether oxygens (including phenoxy) is 1. The van der Waals surface area contributed by atoms with E-state index in [0.29, 0.717) is 18.7 Å². The fourth-order valence-corrected chi connectivity index (χ4v) is 1.82. The number of halogens is 1. The van der Waals surface area contributed by atoms with Gasteiger partial charge in [0.15, 0.2) is 0 Å². The number of primary amides is 1. The van der Waals surface area contributed by atoms with E-state index in [2.05, 4.69) is 0 Å². The normalized spacial score (nSPS) is 18.9. The molecule has 0 radical (unpaired) electrons. The van der Waals surface area contributed by atoms with Gasteiger partial charge in [-0.25, -0.2) is 9.18 Å². The highest BCUT2D eigenvalue weighted by molar-refractivity contribution is 5.95. The largest absolute Gasteiger partial charge is 0.444 e. The van der Waals surface area contributed by atoms with Gasteiger partial charge < -0.3 is 10.5 Å². The van der Waals surface area contributed by atoms with Crippen molar-refractivity contribution < 1.29 is 18.7 Å². The molecule has 1 atom stereocenters. The minimum Gasteiger partial charge on any atom is -0.444 e. The maximum atomic E-state index is 13.6. The zero-order valence-electron chi connectivity index (χ0n) is 9.85. The molecule has 1 fully saturated rings. The Bertz CT molecular complexity index is 504. The van der Waals surface area contributed by atoms with Gasteiger partial charge in [0.05, 0.1) is 17.8 Å². The Labute approximate surface area is 103 Å². The van der Waals surface area contributed by atoms with Crippen LogP contribution in [0.25, 0.3) is 0 Å². The van der Waals surface area contributed by atoms with Crippen molar-refractivity contribution in [1.29, 1.82) is 0 Å². The Balaban J connectivity index is 2.27. The molecule has 0 unspecified atom stereocenters. The SMILES string of the molecule is CC[C@H]1CN(c2ccc(C(N)=O)c(F)c2)C(=O)O1. The van der Waals surface area contributed by atoms with E-state index in [9.17, 15) is 14.0 Å². The molecule has 2 N–H and O–H groups in total. The van der Waals surface area contributed by atoms with E-state index >= 15 is 0 Å². The van der Waals surface area contributed by atoms with E-state index in [1.807, 2.05) is 6.92 Å². The number of hydrogen-bond donors (Lipinski definition) is 1. The third-order valence-corrected chi connectivity index (χ3v) is 2.86. The van der Waals surface area contributed by atoms with Crippen molar-refractivity contribution in [3.63, 3.8) is 0 Å². The van der Waals surface area contributed by atoms with E-state index in [1.165, 1.54) is 17.0 Å². The van der Waals surface area contributed by atoms with Gasteiger partial charge in [-0.15, -0.1) is 0 Å². The molecule has 1 aromatic rings. The van der Waals surface area contributed by atoms with Crippen molar-refractivity contribution in [1.82, 2.24) is 0 Å². The fraction of sp³-hybridized carbons (Fsp3) is 0.333. The van der Waals surface area contributed by atoms with Gasteiger partial charge in [0.2, 0.25) is 0 Å². The Morgan fingerprint density at radius 2 is 2.33 bits per heavy atom. The summed E-state index contributed by atoms with van der Waals surface area (Å²) in [4.78, 5) is 23.8. The van der Waals surface area contributed by atoms with Crippen LogP contribution in [0, 0.1) is 5.82 Å². The number of anilines is 1. The molecule has 0 saturated carbocycles. The Hall–Kier alpha value is -2.11. The number of rotatable bonds is 3. The second-order valence-corrected chi connectivity index (χ2v) is 4.05. The van der Waals surface area contributed by atoms with Crippen LogP contribution in [0.5, 0.6) is 0 Å². The highest BCUT2D eigenvalue weighted by Crippen LogP contribution is 2.24. The summed E-state index contributed by atoms with van der Waals surface area (Å²) in [5.41, 5.74) is 5.17. The summed E-state index contributed by atoms with van der Waals surface area (Å²) in [6, 6.07) is 3.85. The number of carbonyl (C=O) groups excluding carboxylic acids is 2. The molecule has 1 aliphatic rings. The molecule has 5 nitrogen and oxygen atoms in total. The second-order valence-electron chi connectivity index (χ2n) is 4.05. The van der Waals surface area contributed by atoms with Crippen LogP contribution >= 0.6 is 0 Å². The molecule has 2 amide bonds. The van der Waals surface area contributed by atoms with Crippen molar-refractivity contribution in [3.8, 4) is 0 Å². The Morgan fingerprint density at radius 1 is 1.61 bits per heavy atom. The molecule has 1 aromatic carbocycles. The molecule has 18 heavy (non-hydrogen) atoms. The zero-order valence-corrected chi connectivity index (χ0v) is 9.85. The van der Waals surface area contributed by atoms with Gasteiger partial charge in [-0.05, 0) is 24.6 Å². The third kappa shape index (κ3) is 2.13. The van der Waals surface area contributed by atoms with Crippen LogP contribution in [0.15, 0.2) is 18.2 Å². The minimum absolute atomic E-state index is 0.184. The van der Waals surface area contributed by atoms with E-state index in [-0.39, 0.29) is 11.7 Å². The highest BCUT2D eigenvalue weighted by Gasteiger charge is 2.31. The summed E-state index contributed by atoms with van der Waals surface area (Å²) in [5, 5.41) is 0. The van der Waals surface area contributed by atoms with E-state index in [0.717, 1.165) is 6.07 Å². The average molecular weight is 252 g/mol. The predicted octanol–water partition coefficient (Wildman–Crippen LogP) is 1.66. The molecule has 2 rings (SSSR count). The first-order chi connectivity index (χ1) is 8.52. The minimum atomic E-state index is -0.838. The fourth-order valence-electron chi connectivity index (χ4n) is 1.82. The summed E-state index contributed by atoms with van der Waals surface area (Å²) >= 11 is 0. The standard InChI is InChI=1S/C12H13FN2O3/c1-2-8-6-15(12(17)18-8)7-3-4-9(11(14)16)10(13)5-7/h3-5,8H,2,6H2,1H3,(H2,14,16)/t8-/m0/s1. The van der Waals surface area contributed by atoms with Crippen LogP contribution < -0.4 is 10.6 Å². The smallest absolute Gasteiger partial charge is 0.414 e.